The van der Waals surface area contributed by atoms with Crippen LogP contribution in [0.1, 0.15) is 38.2 Å². The fraction of sp³-hybridized carbons (Fsp3) is 0.588. The molecule has 0 heterocycles. The van der Waals surface area contributed by atoms with E-state index in [4.69, 9.17) is 4.52 Å². The second-order valence-electron chi connectivity index (χ2n) is 5.81. The van der Waals surface area contributed by atoms with E-state index in [1.54, 1.807) is 0 Å². The number of ketones is 1. The lowest BCUT2D eigenvalue weighted by molar-refractivity contribution is -0.120. The zero-order valence-corrected chi connectivity index (χ0v) is 14.3. The molecule has 0 radical (unpaired) electrons. The lowest BCUT2D eigenvalue weighted by atomic mass is 9.98. The van der Waals surface area contributed by atoms with E-state index in [0.717, 1.165) is 32.1 Å². The first kappa shape index (κ1) is 18.1. The summed E-state index contributed by atoms with van der Waals surface area (Å²) in [6.07, 6.45) is 5.35. The highest BCUT2D eigenvalue weighted by Crippen LogP contribution is 2.41. The molecule has 0 amide bonds. The largest absolute Gasteiger partial charge is 0.332 e. The molecule has 0 saturated carbocycles. The topological polar surface area (TPSA) is 43.4 Å². The van der Waals surface area contributed by atoms with Crippen LogP contribution < -0.4 is 0 Å². The van der Waals surface area contributed by atoms with Crippen molar-refractivity contribution in [1.82, 2.24) is 0 Å². The van der Waals surface area contributed by atoms with Crippen LogP contribution in [0.15, 0.2) is 30.3 Å². The number of aryl methyl sites for hydroxylation is 1. The van der Waals surface area contributed by atoms with E-state index in [-0.39, 0.29) is 17.9 Å². The molecule has 21 heavy (non-hydrogen) atoms. The Kier molecular flexibility index (Phi) is 7.92. The van der Waals surface area contributed by atoms with E-state index < -0.39 is 7.37 Å². The van der Waals surface area contributed by atoms with Crippen LogP contribution in [-0.2, 0) is 20.3 Å². The normalized spacial score (nSPS) is 15.4. The summed E-state index contributed by atoms with van der Waals surface area (Å²) in [6.45, 7) is 3.45. The van der Waals surface area contributed by atoms with Gasteiger partial charge in [-0.2, -0.15) is 0 Å². The molecule has 1 rings (SSSR count). The minimum absolute atomic E-state index is 0.0230. The smallest absolute Gasteiger partial charge is 0.207 e. The Hall–Kier alpha value is -0.920. The average Bonchev–Trinajstić information content (AvgIpc) is 2.47. The molecule has 1 aromatic rings. The minimum atomic E-state index is -2.72. The summed E-state index contributed by atoms with van der Waals surface area (Å²) in [4.78, 5) is 12.0. The van der Waals surface area contributed by atoms with Crippen molar-refractivity contribution >= 4 is 13.2 Å². The summed E-state index contributed by atoms with van der Waals surface area (Å²) in [5.74, 6) is 0.0379. The molecule has 1 unspecified atom stereocenters. The molecule has 3 nitrogen and oxygen atoms in total. The number of hydrogen-bond donors (Lipinski definition) is 0. The van der Waals surface area contributed by atoms with E-state index in [1.807, 2.05) is 13.0 Å². The van der Waals surface area contributed by atoms with E-state index in [0.29, 0.717) is 0 Å². The van der Waals surface area contributed by atoms with Gasteiger partial charge in [-0.3, -0.25) is 9.36 Å². The lowest BCUT2D eigenvalue weighted by Gasteiger charge is -2.14. The second kappa shape index (κ2) is 9.17. The third-order valence-electron chi connectivity index (χ3n) is 3.82. The van der Waals surface area contributed by atoms with Crippen LogP contribution in [-0.4, -0.2) is 25.7 Å². The summed E-state index contributed by atoms with van der Waals surface area (Å²) >= 11 is 0. The van der Waals surface area contributed by atoms with Crippen molar-refractivity contribution in [2.24, 2.45) is 5.92 Å². The van der Waals surface area contributed by atoms with Gasteiger partial charge in [0.25, 0.3) is 0 Å². The third-order valence-corrected chi connectivity index (χ3v) is 5.48. The molecule has 0 bridgehead atoms. The van der Waals surface area contributed by atoms with Gasteiger partial charge in [-0.1, -0.05) is 50.1 Å². The minimum Gasteiger partial charge on any atom is -0.332 e. The van der Waals surface area contributed by atoms with Crippen molar-refractivity contribution in [3.05, 3.63) is 35.9 Å². The van der Waals surface area contributed by atoms with Gasteiger partial charge in [0.1, 0.15) is 5.78 Å². The number of Topliss-reactive ketones (excluding diaryl/α,β-unsaturated/α-hetero) is 1. The van der Waals surface area contributed by atoms with Gasteiger partial charge >= 0.3 is 0 Å². The van der Waals surface area contributed by atoms with Gasteiger partial charge < -0.3 is 4.52 Å². The molecular weight excluding hydrogens is 283 g/mol. The van der Waals surface area contributed by atoms with E-state index in [9.17, 15) is 9.36 Å². The Morgan fingerprint density at radius 3 is 2.48 bits per heavy atom. The number of carbonyl (C=O) groups excluding carboxylic acids is 1. The van der Waals surface area contributed by atoms with Gasteiger partial charge in [0.05, 0.1) is 6.16 Å². The maximum atomic E-state index is 12.0. The molecule has 118 valence electrons. The third kappa shape index (κ3) is 7.59. The highest BCUT2D eigenvalue weighted by atomic mass is 31.2. The van der Waals surface area contributed by atoms with Crippen LogP contribution in [0.4, 0.5) is 0 Å². The zero-order chi connectivity index (χ0) is 15.7. The number of unbranched alkanes of at least 4 members (excludes halogenated alkanes) is 2. The number of carbonyl (C=O) groups is 1. The Bertz CT molecular complexity index is 470. The van der Waals surface area contributed by atoms with Crippen molar-refractivity contribution in [3.8, 4) is 0 Å². The molecule has 0 N–H and O–H groups in total. The predicted octanol–water partition coefficient (Wildman–Crippen LogP) is 4.55. The van der Waals surface area contributed by atoms with E-state index in [1.165, 1.54) is 19.3 Å². The molecule has 0 aliphatic heterocycles. The van der Waals surface area contributed by atoms with Gasteiger partial charge in [-0.25, -0.2) is 0 Å². The van der Waals surface area contributed by atoms with E-state index >= 15 is 0 Å². The van der Waals surface area contributed by atoms with Crippen molar-refractivity contribution in [2.45, 2.75) is 39.0 Å². The molecule has 1 aromatic carbocycles. The van der Waals surface area contributed by atoms with Crippen LogP contribution >= 0.6 is 7.37 Å². The number of benzene rings is 1. The predicted molar refractivity (Wildman–Crippen MR) is 88.2 cm³/mol. The van der Waals surface area contributed by atoms with Crippen LogP contribution in [0.5, 0.6) is 0 Å². The standard InChI is InChI=1S/C17H27O3P/c1-15(17(18)14-21(3,19)20-2)10-6-4-7-11-16-12-8-5-9-13-16/h5,8-9,12-13,15H,4,6-7,10-11,14H2,1-3H3/t15-,21?/m0/s1. The van der Waals surface area contributed by atoms with Gasteiger partial charge in [0.2, 0.25) is 7.37 Å². The van der Waals surface area contributed by atoms with Crippen molar-refractivity contribution in [1.29, 1.82) is 0 Å². The van der Waals surface area contributed by atoms with Gasteiger partial charge in [0.15, 0.2) is 0 Å². The molecule has 4 heteroatoms. The molecule has 0 aromatic heterocycles. The van der Waals surface area contributed by atoms with Crippen LogP contribution in [0, 0.1) is 5.92 Å². The van der Waals surface area contributed by atoms with Crippen LogP contribution in [0.25, 0.3) is 0 Å². The highest BCUT2D eigenvalue weighted by molar-refractivity contribution is 7.59. The zero-order valence-electron chi connectivity index (χ0n) is 13.4. The SMILES string of the molecule is COP(C)(=O)CC(=O)[C@@H](C)CCCCCc1ccccc1. The maximum absolute atomic E-state index is 12.0. The summed E-state index contributed by atoms with van der Waals surface area (Å²) in [6, 6.07) is 10.5. The van der Waals surface area contributed by atoms with Crippen LogP contribution in [0.3, 0.4) is 0 Å². The first-order valence-electron chi connectivity index (χ1n) is 7.63. The first-order valence-corrected chi connectivity index (χ1v) is 9.89. The van der Waals surface area contributed by atoms with Gasteiger partial charge in [-0.05, 0) is 24.8 Å². The summed E-state index contributed by atoms with van der Waals surface area (Å²) in [5, 5.41) is 0. The summed E-state index contributed by atoms with van der Waals surface area (Å²) in [7, 11) is -1.31. The Morgan fingerprint density at radius 1 is 1.19 bits per heavy atom. The van der Waals surface area contributed by atoms with Crippen molar-refractivity contribution in [2.75, 3.05) is 19.9 Å². The number of hydrogen-bond acceptors (Lipinski definition) is 3. The average molecular weight is 310 g/mol. The van der Waals surface area contributed by atoms with Gasteiger partial charge in [0, 0.05) is 19.7 Å². The molecule has 0 fully saturated rings. The fourth-order valence-corrected chi connectivity index (χ4v) is 3.27. The maximum Gasteiger partial charge on any atom is 0.207 e. The molecular formula is C17H27O3P. The molecule has 2 atom stereocenters. The summed E-state index contributed by atoms with van der Waals surface area (Å²) < 4.78 is 16.7. The Balaban J connectivity index is 2.17. The summed E-state index contributed by atoms with van der Waals surface area (Å²) in [5.41, 5.74) is 1.37. The first-order chi connectivity index (χ1) is 9.94. The van der Waals surface area contributed by atoms with Crippen molar-refractivity contribution in [3.63, 3.8) is 0 Å². The Labute approximate surface area is 128 Å². The monoisotopic (exact) mass is 310 g/mol. The van der Waals surface area contributed by atoms with Crippen LogP contribution in [0.2, 0.25) is 0 Å². The van der Waals surface area contributed by atoms with Crippen molar-refractivity contribution < 1.29 is 13.9 Å². The number of rotatable bonds is 10. The fourth-order valence-electron chi connectivity index (χ4n) is 2.27. The molecule has 0 saturated heterocycles. The lowest BCUT2D eigenvalue weighted by Crippen LogP contribution is -2.15. The second-order valence-corrected chi connectivity index (χ2v) is 8.52. The quantitative estimate of drug-likeness (QED) is 0.470. The van der Waals surface area contributed by atoms with E-state index in [2.05, 4.69) is 24.3 Å². The molecule has 0 aliphatic rings. The molecule has 0 aliphatic carbocycles. The molecule has 0 spiro atoms. The highest BCUT2D eigenvalue weighted by Gasteiger charge is 2.22. The Morgan fingerprint density at radius 2 is 1.86 bits per heavy atom. The van der Waals surface area contributed by atoms with Gasteiger partial charge in [-0.15, -0.1) is 0 Å².